The van der Waals surface area contributed by atoms with Crippen LogP contribution in [0.1, 0.15) is 128 Å². The van der Waals surface area contributed by atoms with Crippen molar-refractivity contribution in [1.29, 1.82) is 0 Å². The molecule has 11 aromatic carbocycles. The number of benzene rings is 11. The molecule has 13 aromatic rings. The Morgan fingerprint density at radius 1 is 0.340 bits per heavy atom. The molecule has 0 saturated carbocycles. The smallest absolute Gasteiger partial charge is 0.256 e. The molecular formula is C88H78BN7O. The third-order valence-corrected chi connectivity index (χ3v) is 19.3. The van der Waals surface area contributed by atoms with Crippen LogP contribution in [0.5, 0.6) is 11.5 Å². The van der Waals surface area contributed by atoms with Gasteiger partial charge < -0.3 is 9.64 Å². The maximum atomic E-state index is 7.98. The summed E-state index contributed by atoms with van der Waals surface area (Å²) in [4.78, 5) is 35.8. The van der Waals surface area contributed by atoms with E-state index in [-0.39, 0.29) is 29.1 Å². The van der Waals surface area contributed by atoms with Crippen LogP contribution in [0.25, 0.3) is 102 Å². The van der Waals surface area contributed by atoms with Crippen LogP contribution in [-0.4, -0.2) is 36.6 Å². The van der Waals surface area contributed by atoms with Gasteiger partial charge in [-0.15, -0.1) is 0 Å². The van der Waals surface area contributed by atoms with Crippen molar-refractivity contribution >= 4 is 40.2 Å². The first-order valence-corrected chi connectivity index (χ1v) is 34.2. The van der Waals surface area contributed by atoms with E-state index in [0.717, 1.165) is 112 Å². The number of hydrogen-bond acceptors (Lipinski definition) is 8. The molecule has 97 heavy (non-hydrogen) atoms. The predicted octanol–water partition coefficient (Wildman–Crippen LogP) is 21.3. The second-order valence-corrected chi connectivity index (χ2v) is 28.2. The second kappa shape index (κ2) is 25.3. The van der Waals surface area contributed by atoms with Crippen molar-refractivity contribution in [1.82, 2.24) is 29.9 Å². The first kappa shape index (κ1) is 62.2. The van der Waals surface area contributed by atoms with Gasteiger partial charge in [0.2, 0.25) is 0 Å². The van der Waals surface area contributed by atoms with Crippen molar-refractivity contribution in [2.45, 2.75) is 105 Å². The van der Waals surface area contributed by atoms with Crippen LogP contribution in [-0.2, 0) is 5.41 Å². The Hall–Kier alpha value is -10.9. The number of anilines is 3. The average Bonchev–Trinajstić information content (AvgIpc) is 0.692. The van der Waals surface area contributed by atoms with E-state index in [1.807, 2.05) is 48.5 Å². The SMILES string of the molecule is CC(C)c1cc(-c2ccc3c(c2-c2nc(-c4ccccc4)nc(-c4ccccc4)n2)Oc2cc(C(C)(C)C)cc4c2B3c2ccc(-c3cc(C(C)C)cc(C(C)C)c3)c(-c3nc(-c5ccccc5)nc(-c5ccccc5)n3)c2N4c2ccc(-c3ccccc3)cc2)cc(C(C)C)c1. The second-order valence-electron chi connectivity index (χ2n) is 28.2. The maximum Gasteiger partial charge on any atom is 0.256 e. The molecule has 9 heteroatoms. The minimum Gasteiger partial charge on any atom is -0.458 e. The van der Waals surface area contributed by atoms with Gasteiger partial charge in [-0.3, -0.25) is 0 Å². The number of rotatable bonds is 14. The Balaban J connectivity index is 1.11. The van der Waals surface area contributed by atoms with Crippen LogP contribution in [0.15, 0.2) is 249 Å². The highest BCUT2D eigenvalue weighted by Gasteiger charge is 2.46. The van der Waals surface area contributed by atoms with Crippen LogP contribution < -0.4 is 26.0 Å². The van der Waals surface area contributed by atoms with Crippen molar-refractivity contribution in [2.75, 3.05) is 4.90 Å². The highest BCUT2D eigenvalue weighted by Crippen LogP contribution is 2.52. The molecule has 2 aliphatic heterocycles. The van der Waals surface area contributed by atoms with Gasteiger partial charge in [-0.1, -0.05) is 301 Å². The predicted molar refractivity (Wildman–Crippen MR) is 403 cm³/mol. The van der Waals surface area contributed by atoms with E-state index in [9.17, 15) is 0 Å². The third kappa shape index (κ3) is 11.8. The fourth-order valence-electron chi connectivity index (χ4n) is 13.8. The summed E-state index contributed by atoms with van der Waals surface area (Å²) in [7, 11) is 0. The van der Waals surface area contributed by atoms with Gasteiger partial charge in [-0.05, 0) is 131 Å². The Morgan fingerprint density at radius 2 is 0.701 bits per heavy atom. The highest BCUT2D eigenvalue weighted by molar-refractivity contribution is 6.99. The summed E-state index contributed by atoms with van der Waals surface area (Å²) in [5, 5.41) is 0. The molecule has 0 atom stereocenters. The average molecular weight is 1260 g/mol. The molecule has 15 rings (SSSR count). The fourth-order valence-corrected chi connectivity index (χ4v) is 13.8. The minimum absolute atomic E-state index is 0.255. The zero-order valence-corrected chi connectivity index (χ0v) is 57.1. The van der Waals surface area contributed by atoms with E-state index in [1.54, 1.807) is 0 Å². The van der Waals surface area contributed by atoms with Gasteiger partial charge in [0, 0.05) is 33.6 Å². The van der Waals surface area contributed by atoms with Gasteiger partial charge in [-0.2, -0.15) is 0 Å². The molecule has 0 bridgehead atoms. The molecular weight excluding hydrogens is 1180 g/mol. The van der Waals surface area contributed by atoms with E-state index >= 15 is 0 Å². The molecule has 0 aliphatic carbocycles. The first-order chi connectivity index (χ1) is 47.0. The molecule has 0 unspecified atom stereocenters. The largest absolute Gasteiger partial charge is 0.458 e. The van der Waals surface area contributed by atoms with Gasteiger partial charge in [0.05, 0.1) is 16.8 Å². The molecule has 4 heterocycles. The van der Waals surface area contributed by atoms with Crippen molar-refractivity contribution in [3.05, 3.63) is 277 Å². The summed E-state index contributed by atoms with van der Waals surface area (Å²) < 4.78 is 7.98. The molecule has 474 valence electrons. The highest BCUT2D eigenvalue weighted by atomic mass is 16.5. The topological polar surface area (TPSA) is 89.8 Å². The molecule has 0 N–H and O–H groups in total. The van der Waals surface area contributed by atoms with Crippen molar-refractivity contribution < 1.29 is 4.74 Å². The molecule has 0 amide bonds. The fraction of sp³-hybridized carbons (Fsp3) is 0.182. The van der Waals surface area contributed by atoms with Crippen LogP contribution >= 0.6 is 0 Å². The van der Waals surface area contributed by atoms with E-state index in [1.165, 1.54) is 22.3 Å². The number of fused-ring (bicyclic) bond motifs is 4. The summed E-state index contributed by atoms with van der Waals surface area (Å²) in [5.41, 5.74) is 23.5. The molecule has 0 saturated heterocycles. The minimum atomic E-state index is -0.410. The van der Waals surface area contributed by atoms with Crippen molar-refractivity contribution in [3.63, 3.8) is 0 Å². The molecule has 2 aliphatic rings. The van der Waals surface area contributed by atoms with E-state index in [0.29, 0.717) is 40.7 Å². The number of aromatic nitrogens is 6. The monoisotopic (exact) mass is 1260 g/mol. The Kier molecular flexibility index (Phi) is 16.3. The lowest BCUT2D eigenvalue weighted by Crippen LogP contribution is -2.60. The van der Waals surface area contributed by atoms with Gasteiger partial charge >= 0.3 is 0 Å². The summed E-state index contributed by atoms with van der Waals surface area (Å²) in [6.45, 7) is 24.7. The van der Waals surface area contributed by atoms with Crippen LogP contribution in [0.4, 0.5) is 17.1 Å². The Labute approximate surface area is 571 Å². The van der Waals surface area contributed by atoms with Crippen LogP contribution in [0, 0.1) is 0 Å². The summed E-state index contributed by atoms with van der Waals surface area (Å²) in [5.74, 6) is 5.87. The lowest BCUT2D eigenvalue weighted by Gasteiger charge is -2.42. The Bertz CT molecular complexity index is 4940. The molecule has 8 nitrogen and oxygen atoms in total. The van der Waals surface area contributed by atoms with E-state index < -0.39 is 6.71 Å². The number of hydrogen-bond donors (Lipinski definition) is 0. The normalized spacial score (nSPS) is 12.5. The molecule has 2 aromatic heterocycles. The van der Waals surface area contributed by atoms with Crippen LogP contribution in [0.2, 0.25) is 0 Å². The van der Waals surface area contributed by atoms with E-state index in [4.69, 9.17) is 34.6 Å². The van der Waals surface area contributed by atoms with Crippen LogP contribution in [0.3, 0.4) is 0 Å². The van der Waals surface area contributed by atoms with Gasteiger partial charge in [0.25, 0.3) is 6.71 Å². The molecule has 0 spiro atoms. The first-order valence-electron chi connectivity index (χ1n) is 34.2. The van der Waals surface area contributed by atoms with E-state index in [2.05, 4.69) is 281 Å². The van der Waals surface area contributed by atoms with Gasteiger partial charge in [0.15, 0.2) is 34.9 Å². The summed E-state index contributed by atoms with van der Waals surface area (Å²) >= 11 is 0. The quantitative estimate of drug-likeness (QED) is 0.0995. The molecule has 0 fully saturated rings. The Morgan fingerprint density at radius 3 is 1.10 bits per heavy atom. The van der Waals surface area contributed by atoms with Crippen molar-refractivity contribution in [2.24, 2.45) is 0 Å². The van der Waals surface area contributed by atoms with Gasteiger partial charge in [0.1, 0.15) is 11.5 Å². The zero-order valence-electron chi connectivity index (χ0n) is 57.1. The standard InChI is InChI=1S/C88H78BN7O/c1-53(2)63-45-64(54(3)4)48-67(47-63)71-41-43-73-80(77(71)86-92-82(59-29-19-13-20-30-59)90-83(93-86)60-31-21-14-22-32-60)96(70-39-37-58(38-40-70)57-27-17-12-18-28-57)75-51-69(88(9,10)11)52-76-79(75)89(73)74-44-42-72(68-49-65(55(5)6)46-66(50-68)56(7)8)78(81(74)97-76)87-94-84(61-33-23-15-24-34-61)91-85(95-87)62-35-25-16-26-36-62/h12-56H,1-11H3. The van der Waals surface area contributed by atoms with Crippen molar-refractivity contribution in [3.8, 4) is 113 Å². The summed E-state index contributed by atoms with van der Waals surface area (Å²) in [6.07, 6.45) is 0. The third-order valence-electron chi connectivity index (χ3n) is 19.3. The zero-order chi connectivity index (χ0) is 66.8. The molecule has 0 radical (unpaired) electrons. The summed E-state index contributed by atoms with van der Waals surface area (Å²) in [6, 6.07) is 89.2. The number of ether oxygens (including phenoxy) is 1. The maximum absolute atomic E-state index is 7.98. The van der Waals surface area contributed by atoms with Gasteiger partial charge in [-0.25, -0.2) is 29.9 Å². The lowest BCUT2D eigenvalue weighted by atomic mass is 9.33. The number of nitrogens with zero attached hydrogens (tertiary/aromatic N) is 7. The lowest BCUT2D eigenvalue weighted by molar-refractivity contribution is 0.485.